The summed E-state index contributed by atoms with van der Waals surface area (Å²) >= 11 is 3.40. The zero-order valence-electron chi connectivity index (χ0n) is 21.0. The van der Waals surface area contributed by atoms with E-state index < -0.39 is 28.5 Å². The van der Waals surface area contributed by atoms with Crippen molar-refractivity contribution in [2.24, 2.45) is 5.92 Å². The fraction of sp³-hybridized carbons (Fsp3) is 0.440. The molecular weight excluding hydrogens is 534 g/mol. The van der Waals surface area contributed by atoms with E-state index in [1.807, 2.05) is 45.0 Å². The Morgan fingerprint density at radius 3 is 2.26 bits per heavy atom. The third-order valence-electron chi connectivity index (χ3n) is 5.40. The quantitative estimate of drug-likeness (QED) is 0.446. The van der Waals surface area contributed by atoms with Gasteiger partial charge in [-0.25, -0.2) is 8.42 Å². The molecule has 0 aliphatic heterocycles. The van der Waals surface area contributed by atoms with Gasteiger partial charge < -0.3 is 15.0 Å². The molecule has 0 aromatic heterocycles. The average molecular weight is 569 g/mol. The van der Waals surface area contributed by atoms with E-state index in [1.54, 1.807) is 25.1 Å². The number of nitrogens with zero attached hydrogens (tertiary/aromatic N) is 2. The van der Waals surface area contributed by atoms with Crippen molar-refractivity contribution in [3.8, 4) is 5.75 Å². The Labute approximate surface area is 216 Å². The Balaban J connectivity index is 2.43. The molecule has 10 heteroatoms. The van der Waals surface area contributed by atoms with E-state index in [0.717, 1.165) is 26.2 Å². The molecule has 35 heavy (non-hydrogen) atoms. The number of hydrogen-bond donors (Lipinski definition) is 1. The number of nitrogens with one attached hydrogen (secondary N) is 1. The van der Waals surface area contributed by atoms with Gasteiger partial charge in [0.2, 0.25) is 21.8 Å². The van der Waals surface area contributed by atoms with E-state index in [4.69, 9.17) is 4.74 Å². The van der Waals surface area contributed by atoms with Crippen LogP contribution in [0.1, 0.15) is 31.9 Å². The van der Waals surface area contributed by atoms with Crippen molar-refractivity contribution in [2.75, 3.05) is 30.8 Å². The predicted octanol–water partition coefficient (Wildman–Crippen LogP) is 3.72. The molecule has 0 saturated heterocycles. The fourth-order valence-electron chi connectivity index (χ4n) is 3.41. The maximum absolute atomic E-state index is 13.6. The summed E-state index contributed by atoms with van der Waals surface area (Å²) in [6.07, 6.45) is 1.04. The molecule has 0 aliphatic rings. The van der Waals surface area contributed by atoms with Crippen LogP contribution in [-0.4, -0.2) is 57.6 Å². The molecule has 2 aromatic carbocycles. The van der Waals surface area contributed by atoms with Crippen molar-refractivity contribution in [1.82, 2.24) is 10.2 Å². The number of anilines is 1. The summed E-state index contributed by atoms with van der Waals surface area (Å²) in [5, 5.41) is 2.86. The van der Waals surface area contributed by atoms with E-state index in [2.05, 4.69) is 21.2 Å². The topological polar surface area (TPSA) is 96.0 Å². The standard InChI is InChI=1S/C25H34BrN3O5S/c1-17(2)14-27-25(31)19(4)28(15-20-8-10-21(26)11-9-20)24(30)16-29(35(6,32)33)22-13-18(3)7-12-23(22)34-5/h7-13,17,19H,14-16H2,1-6H3,(H,27,31). The van der Waals surface area contributed by atoms with Crippen molar-refractivity contribution in [1.29, 1.82) is 0 Å². The first kappa shape index (κ1) is 28.6. The minimum atomic E-state index is -3.84. The molecule has 0 heterocycles. The minimum Gasteiger partial charge on any atom is -0.495 e. The smallest absolute Gasteiger partial charge is 0.244 e. The highest BCUT2D eigenvalue weighted by Gasteiger charge is 2.31. The van der Waals surface area contributed by atoms with Crippen LogP contribution in [0.3, 0.4) is 0 Å². The van der Waals surface area contributed by atoms with Crippen molar-refractivity contribution >= 4 is 43.5 Å². The maximum atomic E-state index is 13.6. The monoisotopic (exact) mass is 567 g/mol. The molecule has 1 atom stereocenters. The Morgan fingerprint density at radius 1 is 1.09 bits per heavy atom. The highest BCUT2D eigenvalue weighted by atomic mass is 79.9. The molecule has 0 radical (unpaired) electrons. The molecule has 0 bridgehead atoms. The number of ether oxygens (including phenoxy) is 1. The van der Waals surface area contributed by atoms with Crippen molar-refractivity contribution < 1.29 is 22.7 Å². The SMILES string of the molecule is COc1ccc(C)cc1N(CC(=O)N(Cc1ccc(Br)cc1)C(C)C(=O)NCC(C)C)S(C)(=O)=O. The van der Waals surface area contributed by atoms with Gasteiger partial charge in [0.05, 0.1) is 19.1 Å². The van der Waals surface area contributed by atoms with E-state index >= 15 is 0 Å². The highest BCUT2D eigenvalue weighted by Crippen LogP contribution is 2.31. The molecule has 192 valence electrons. The molecule has 1 unspecified atom stereocenters. The number of rotatable bonds is 11. The van der Waals surface area contributed by atoms with Crippen LogP contribution in [0.15, 0.2) is 46.9 Å². The van der Waals surface area contributed by atoms with E-state index in [0.29, 0.717) is 12.3 Å². The van der Waals surface area contributed by atoms with Crippen LogP contribution in [0.2, 0.25) is 0 Å². The number of carbonyl (C=O) groups excluding carboxylic acids is 2. The Hall–Kier alpha value is -2.59. The number of sulfonamides is 1. The van der Waals surface area contributed by atoms with Crippen LogP contribution in [0.25, 0.3) is 0 Å². The molecule has 1 N–H and O–H groups in total. The van der Waals surface area contributed by atoms with Crippen LogP contribution < -0.4 is 14.4 Å². The lowest BCUT2D eigenvalue weighted by atomic mass is 10.1. The van der Waals surface area contributed by atoms with Gasteiger partial charge in [-0.3, -0.25) is 13.9 Å². The number of carbonyl (C=O) groups is 2. The summed E-state index contributed by atoms with van der Waals surface area (Å²) in [7, 11) is -2.40. The number of benzene rings is 2. The van der Waals surface area contributed by atoms with Crippen molar-refractivity contribution in [3.05, 3.63) is 58.1 Å². The summed E-state index contributed by atoms with van der Waals surface area (Å²) in [6, 6.07) is 11.7. The molecule has 0 spiro atoms. The van der Waals surface area contributed by atoms with Crippen LogP contribution in [-0.2, 0) is 26.2 Å². The first-order valence-electron chi connectivity index (χ1n) is 11.3. The summed E-state index contributed by atoms with van der Waals surface area (Å²) < 4.78 is 32.8. The van der Waals surface area contributed by atoms with Crippen LogP contribution >= 0.6 is 15.9 Å². The lowest BCUT2D eigenvalue weighted by Gasteiger charge is -2.32. The van der Waals surface area contributed by atoms with Gasteiger partial charge in [0.15, 0.2) is 0 Å². The average Bonchev–Trinajstić information content (AvgIpc) is 2.79. The molecule has 2 amide bonds. The number of hydrogen-bond acceptors (Lipinski definition) is 5. The predicted molar refractivity (Wildman–Crippen MR) is 142 cm³/mol. The Bertz CT molecular complexity index is 1140. The second-order valence-corrected chi connectivity index (χ2v) is 11.7. The van der Waals surface area contributed by atoms with E-state index in [1.165, 1.54) is 12.0 Å². The third-order valence-corrected chi connectivity index (χ3v) is 7.06. The van der Waals surface area contributed by atoms with Gasteiger partial charge in [0.1, 0.15) is 18.3 Å². The number of methoxy groups -OCH3 is 1. The van der Waals surface area contributed by atoms with Gasteiger partial charge in [0.25, 0.3) is 0 Å². The van der Waals surface area contributed by atoms with Gasteiger partial charge >= 0.3 is 0 Å². The third kappa shape index (κ3) is 8.24. The van der Waals surface area contributed by atoms with Crippen LogP contribution in [0.4, 0.5) is 5.69 Å². The van der Waals surface area contributed by atoms with Gasteiger partial charge in [-0.2, -0.15) is 0 Å². The molecular formula is C25H34BrN3O5S. The first-order chi connectivity index (χ1) is 16.3. The van der Waals surface area contributed by atoms with Crippen molar-refractivity contribution in [3.63, 3.8) is 0 Å². The van der Waals surface area contributed by atoms with E-state index in [9.17, 15) is 18.0 Å². The molecule has 2 rings (SSSR count). The zero-order chi connectivity index (χ0) is 26.3. The van der Waals surface area contributed by atoms with Crippen LogP contribution in [0, 0.1) is 12.8 Å². The maximum Gasteiger partial charge on any atom is 0.244 e. The fourth-order valence-corrected chi connectivity index (χ4v) is 4.52. The highest BCUT2D eigenvalue weighted by molar-refractivity contribution is 9.10. The molecule has 8 nitrogen and oxygen atoms in total. The molecule has 2 aromatic rings. The van der Waals surface area contributed by atoms with Gasteiger partial charge in [-0.15, -0.1) is 0 Å². The van der Waals surface area contributed by atoms with Gasteiger partial charge in [-0.1, -0.05) is 48.0 Å². The summed E-state index contributed by atoms with van der Waals surface area (Å²) in [4.78, 5) is 27.9. The summed E-state index contributed by atoms with van der Waals surface area (Å²) in [5.74, 6) is -0.232. The molecule has 0 fully saturated rings. The van der Waals surface area contributed by atoms with Crippen LogP contribution in [0.5, 0.6) is 5.75 Å². The lowest BCUT2D eigenvalue weighted by molar-refractivity contribution is -0.139. The van der Waals surface area contributed by atoms with Gasteiger partial charge in [0, 0.05) is 17.6 Å². The molecule has 0 aliphatic carbocycles. The van der Waals surface area contributed by atoms with Gasteiger partial charge in [-0.05, 0) is 55.2 Å². The number of amides is 2. The summed E-state index contributed by atoms with van der Waals surface area (Å²) in [6.45, 7) is 7.57. The second kappa shape index (κ2) is 12.4. The Kier molecular flexibility index (Phi) is 10.1. The number of aryl methyl sites for hydroxylation is 1. The Morgan fingerprint density at radius 2 is 1.71 bits per heavy atom. The first-order valence-corrected chi connectivity index (χ1v) is 13.9. The number of halogens is 1. The van der Waals surface area contributed by atoms with E-state index in [-0.39, 0.29) is 24.1 Å². The minimum absolute atomic E-state index is 0.144. The van der Waals surface area contributed by atoms with Crippen molar-refractivity contribution in [2.45, 2.75) is 40.3 Å². The zero-order valence-corrected chi connectivity index (χ0v) is 23.4. The lowest BCUT2D eigenvalue weighted by Crippen LogP contribution is -2.51. The largest absolute Gasteiger partial charge is 0.495 e. The summed E-state index contributed by atoms with van der Waals surface area (Å²) in [5.41, 5.74) is 1.89. The second-order valence-electron chi connectivity index (χ2n) is 8.91. The molecule has 0 saturated carbocycles. The normalized spacial score (nSPS) is 12.2.